The molecule has 0 spiro atoms. The number of para-hydroxylation sites is 1. The quantitative estimate of drug-likeness (QED) is 0.755. The normalized spacial score (nSPS) is 10.3. The number of aromatic carboxylic acids is 1. The van der Waals surface area contributed by atoms with Crippen molar-refractivity contribution < 1.29 is 14.6 Å². The summed E-state index contributed by atoms with van der Waals surface area (Å²) in [5.74, 6) is -0.308. The van der Waals surface area contributed by atoms with E-state index < -0.39 is 5.97 Å². The summed E-state index contributed by atoms with van der Waals surface area (Å²) in [6.07, 6.45) is 0. The van der Waals surface area contributed by atoms with Crippen LogP contribution in [-0.4, -0.2) is 23.2 Å². The Balaban J connectivity index is 2.11. The van der Waals surface area contributed by atoms with E-state index in [2.05, 4.69) is 11.1 Å². The van der Waals surface area contributed by atoms with Crippen molar-refractivity contribution in [3.63, 3.8) is 0 Å². The number of rotatable bonds is 4. The second kappa shape index (κ2) is 6.75. The molecule has 0 aliphatic heterocycles. The Morgan fingerprint density at radius 1 is 1.24 bits per heavy atom. The Kier molecular flexibility index (Phi) is 4.50. The highest BCUT2D eigenvalue weighted by atomic mass is 32.1. The van der Waals surface area contributed by atoms with Crippen molar-refractivity contribution in [1.82, 2.24) is 4.98 Å². The number of nitriles is 1. The number of aromatic nitrogens is 1. The lowest BCUT2D eigenvalue weighted by molar-refractivity contribution is 0.0701. The zero-order chi connectivity index (χ0) is 18.0. The zero-order valence-electron chi connectivity index (χ0n) is 13.6. The highest BCUT2D eigenvalue weighted by Crippen LogP contribution is 2.35. The third kappa shape index (κ3) is 3.10. The average Bonchev–Trinajstić information content (AvgIpc) is 3.03. The molecular weight excluding hydrogens is 336 g/mol. The fourth-order valence-corrected chi connectivity index (χ4v) is 3.49. The van der Waals surface area contributed by atoms with Gasteiger partial charge in [0.25, 0.3) is 0 Å². The maximum absolute atomic E-state index is 11.2. The van der Waals surface area contributed by atoms with Gasteiger partial charge in [-0.25, -0.2) is 9.78 Å². The molecule has 3 aromatic rings. The van der Waals surface area contributed by atoms with Gasteiger partial charge in [-0.1, -0.05) is 30.3 Å². The fourth-order valence-electron chi connectivity index (χ4n) is 2.59. The summed E-state index contributed by atoms with van der Waals surface area (Å²) in [5, 5.41) is 19.3. The van der Waals surface area contributed by atoms with E-state index >= 15 is 0 Å². The molecule has 0 saturated heterocycles. The Bertz CT molecular complexity index is 1000. The van der Waals surface area contributed by atoms with Crippen LogP contribution in [0.3, 0.4) is 0 Å². The summed E-state index contributed by atoms with van der Waals surface area (Å²) in [6, 6.07) is 15.1. The summed E-state index contributed by atoms with van der Waals surface area (Å²) in [4.78, 5) is 15.7. The van der Waals surface area contributed by atoms with Crippen molar-refractivity contribution in [2.45, 2.75) is 6.92 Å². The van der Waals surface area contributed by atoms with Gasteiger partial charge < -0.3 is 9.84 Å². The summed E-state index contributed by atoms with van der Waals surface area (Å²) in [6.45, 7) is 1.66. The first kappa shape index (κ1) is 16.7. The van der Waals surface area contributed by atoms with Crippen LogP contribution in [0.25, 0.3) is 21.7 Å². The van der Waals surface area contributed by atoms with Crippen LogP contribution in [-0.2, 0) is 0 Å². The van der Waals surface area contributed by atoms with E-state index in [0.29, 0.717) is 22.0 Å². The molecule has 2 aromatic carbocycles. The Labute approximate surface area is 148 Å². The molecular formula is C19H14N2O3S. The standard InChI is InChI=1S/C19H14N2O3S/c1-11-17(19(22)23)25-18(21-11)12-7-8-14(13(9-12)10-20)15-5-3-4-6-16(15)24-2/h3-9H,1-2H3,(H,22,23). The van der Waals surface area contributed by atoms with E-state index in [1.807, 2.05) is 36.4 Å². The molecule has 1 aromatic heterocycles. The number of carbonyl (C=O) groups is 1. The molecule has 0 saturated carbocycles. The van der Waals surface area contributed by atoms with Gasteiger partial charge in [-0.15, -0.1) is 11.3 Å². The molecule has 0 aliphatic carbocycles. The van der Waals surface area contributed by atoms with Gasteiger partial charge in [-0.05, 0) is 19.1 Å². The summed E-state index contributed by atoms with van der Waals surface area (Å²) >= 11 is 1.10. The van der Waals surface area contributed by atoms with Crippen molar-refractivity contribution in [2.75, 3.05) is 7.11 Å². The van der Waals surface area contributed by atoms with Crippen LogP contribution in [0.5, 0.6) is 5.75 Å². The van der Waals surface area contributed by atoms with E-state index in [9.17, 15) is 15.2 Å². The lowest BCUT2D eigenvalue weighted by atomic mass is 9.97. The van der Waals surface area contributed by atoms with Crippen LogP contribution in [0, 0.1) is 18.3 Å². The summed E-state index contributed by atoms with van der Waals surface area (Å²) in [7, 11) is 1.59. The molecule has 5 nitrogen and oxygen atoms in total. The van der Waals surface area contributed by atoms with Crippen molar-refractivity contribution in [3.05, 3.63) is 58.6 Å². The number of aryl methyl sites for hydroxylation is 1. The number of benzene rings is 2. The minimum atomic E-state index is -0.993. The maximum Gasteiger partial charge on any atom is 0.347 e. The average molecular weight is 350 g/mol. The molecule has 124 valence electrons. The van der Waals surface area contributed by atoms with E-state index in [1.165, 1.54) is 0 Å². The van der Waals surface area contributed by atoms with Crippen molar-refractivity contribution >= 4 is 17.3 Å². The molecule has 25 heavy (non-hydrogen) atoms. The molecule has 1 N–H and O–H groups in total. The number of ether oxygens (including phenoxy) is 1. The minimum absolute atomic E-state index is 0.210. The van der Waals surface area contributed by atoms with Crippen LogP contribution in [0.1, 0.15) is 20.9 Å². The Morgan fingerprint density at radius 2 is 2.00 bits per heavy atom. The smallest absolute Gasteiger partial charge is 0.347 e. The number of methoxy groups -OCH3 is 1. The third-order valence-corrected chi connectivity index (χ3v) is 4.97. The second-order valence-electron chi connectivity index (χ2n) is 5.31. The van der Waals surface area contributed by atoms with Crippen LogP contribution in [0.15, 0.2) is 42.5 Å². The first-order valence-electron chi connectivity index (χ1n) is 7.43. The van der Waals surface area contributed by atoms with E-state index in [4.69, 9.17) is 4.74 Å². The first-order valence-corrected chi connectivity index (χ1v) is 8.25. The molecule has 0 atom stereocenters. The van der Waals surface area contributed by atoms with Crippen LogP contribution < -0.4 is 4.74 Å². The van der Waals surface area contributed by atoms with Crippen LogP contribution in [0.4, 0.5) is 0 Å². The molecule has 0 amide bonds. The Hall–Kier alpha value is -3.17. The van der Waals surface area contributed by atoms with Gasteiger partial charge in [0.2, 0.25) is 0 Å². The van der Waals surface area contributed by atoms with Gasteiger partial charge in [-0.2, -0.15) is 5.26 Å². The number of hydrogen-bond donors (Lipinski definition) is 1. The van der Waals surface area contributed by atoms with Crippen molar-refractivity contribution in [1.29, 1.82) is 5.26 Å². The number of hydrogen-bond acceptors (Lipinski definition) is 5. The van der Waals surface area contributed by atoms with Gasteiger partial charge in [0.15, 0.2) is 0 Å². The molecule has 0 bridgehead atoms. The highest BCUT2D eigenvalue weighted by Gasteiger charge is 2.17. The maximum atomic E-state index is 11.2. The largest absolute Gasteiger partial charge is 0.496 e. The first-order chi connectivity index (χ1) is 12.0. The zero-order valence-corrected chi connectivity index (χ0v) is 14.4. The number of nitrogens with zero attached hydrogens (tertiary/aromatic N) is 2. The SMILES string of the molecule is COc1ccccc1-c1ccc(-c2nc(C)c(C(=O)O)s2)cc1C#N. The van der Waals surface area contributed by atoms with Gasteiger partial charge in [0.1, 0.15) is 15.6 Å². The van der Waals surface area contributed by atoms with Crippen LogP contribution >= 0.6 is 11.3 Å². The van der Waals surface area contributed by atoms with Crippen molar-refractivity contribution in [3.8, 4) is 33.5 Å². The van der Waals surface area contributed by atoms with Gasteiger partial charge in [0.05, 0.1) is 24.4 Å². The molecule has 0 radical (unpaired) electrons. The molecule has 0 fully saturated rings. The minimum Gasteiger partial charge on any atom is -0.496 e. The number of carboxylic acids is 1. The summed E-state index contributed by atoms with van der Waals surface area (Å²) < 4.78 is 5.37. The molecule has 0 unspecified atom stereocenters. The Morgan fingerprint density at radius 3 is 2.64 bits per heavy atom. The monoisotopic (exact) mass is 350 g/mol. The fraction of sp³-hybridized carbons (Fsp3) is 0.105. The van der Waals surface area contributed by atoms with Crippen molar-refractivity contribution in [2.24, 2.45) is 0 Å². The predicted octanol–water partition coefficient (Wildman–Crippen LogP) is 4.36. The topological polar surface area (TPSA) is 83.2 Å². The van der Waals surface area contributed by atoms with Crippen LogP contribution in [0.2, 0.25) is 0 Å². The van der Waals surface area contributed by atoms with E-state index in [1.54, 1.807) is 20.1 Å². The van der Waals surface area contributed by atoms with E-state index in [0.717, 1.165) is 28.0 Å². The second-order valence-corrected chi connectivity index (χ2v) is 6.31. The lowest BCUT2D eigenvalue weighted by Crippen LogP contribution is -1.94. The molecule has 3 rings (SSSR count). The van der Waals surface area contributed by atoms with Gasteiger partial charge in [0, 0.05) is 16.7 Å². The van der Waals surface area contributed by atoms with E-state index in [-0.39, 0.29) is 4.88 Å². The molecule has 0 aliphatic rings. The number of thiazole rings is 1. The van der Waals surface area contributed by atoms with Gasteiger partial charge >= 0.3 is 5.97 Å². The van der Waals surface area contributed by atoms with Gasteiger partial charge in [-0.3, -0.25) is 0 Å². The lowest BCUT2D eigenvalue weighted by Gasteiger charge is -2.10. The summed E-state index contributed by atoms with van der Waals surface area (Å²) in [5.41, 5.74) is 3.26. The predicted molar refractivity (Wildman–Crippen MR) is 95.9 cm³/mol. The number of carboxylic acid groups (broad SMARTS) is 1. The highest BCUT2D eigenvalue weighted by molar-refractivity contribution is 7.17. The molecule has 1 heterocycles. The third-order valence-electron chi connectivity index (χ3n) is 3.77. The molecule has 6 heteroatoms.